The number of aryl methyl sites for hydroxylation is 2. The number of esters is 1. The lowest BCUT2D eigenvalue weighted by molar-refractivity contribution is -0.177. The van der Waals surface area contributed by atoms with Gasteiger partial charge in [-0.1, -0.05) is 29.8 Å². The lowest BCUT2D eigenvalue weighted by Crippen LogP contribution is -2.64. The number of carbonyl (C=O) groups is 1. The molecule has 5 heteroatoms. The van der Waals surface area contributed by atoms with Gasteiger partial charge in [-0.3, -0.25) is 4.90 Å². The van der Waals surface area contributed by atoms with Gasteiger partial charge in [0, 0.05) is 47.6 Å². The Morgan fingerprint density at radius 1 is 1.18 bits per heavy atom. The zero-order valence-electron chi connectivity index (χ0n) is 20.4. The highest BCUT2D eigenvalue weighted by atomic mass is 16.5. The molecule has 3 unspecified atom stereocenters. The molecule has 3 aliphatic rings. The molecule has 4 heterocycles. The normalized spacial score (nSPS) is 25.1. The molecule has 0 saturated carbocycles. The first kappa shape index (κ1) is 21.7. The number of carbonyl (C=O) groups excluding carboxylic acids is 1. The number of aromatic amines is 1. The molecular formula is C29H34N2O3. The van der Waals surface area contributed by atoms with Crippen LogP contribution in [0.15, 0.2) is 36.4 Å². The van der Waals surface area contributed by atoms with Gasteiger partial charge in [0.15, 0.2) is 5.72 Å². The number of nitrogens with one attached hydrogen (secondary N) is 1. The van der Waals surface area contributed by atoms with Crippen LogP contribution in [0.5, 0.6) is 5.75 Å². The van der Waals surface area contributed by atoms with Crippen LogP contribution in [-0.2, 0) is 11.2 Å². The minimum atomic E-state index is -0.315. The van der Waals surface area contributed by atoms with Crippen LogP contribution in [-0.4, -0.2) is 34.7 Å². The first-order valence-corrected chi connectivity index (χ1v) is 12.8. The Kier molecular flexibility index (Phi) is 5.21. The average Bonchev–Trinajstić information content (AvgIpc) is 3.18. The van der Waals surface area contributed by atoms with Crippen molar-refractivity contribution in [1.29, 1.82) is 0 Å². The number of piperidine rings is 2. The van der Waals surface area contributed by atoms with E-state index in [4.69, 9.17) is 9.47 Å². The van der Waals surface area contributed by atoms with Crippen LogP contribution in [0.3, 0.4) is 0 Å². The Balaban J connectivity index is 1.38. The standard InChI is InChI=1S/C29H34N2O3/c1-18-8-6-9-21(16-18)20(3)33-28(32)26-19(2)30-24-11-12-25-23(27(24)26)17-22-10-7-15-31-14-5-4-13-29(22,31)34-25/h6,8-9,11-12,16,20,22,30H,4-5,7,10,13-15,17H2,1-3H3. The molecule has 0 radical (unpaired) electrons. The highest BCUT2D eigenvalue weighted by Gasteiger charge is 2.52. The van der Waals surface area contributed by atoms with Crippen molar-refractivity contribution in [2.75, 3.05) is 13.1 Å². The van der Waals surface area contributed by atoms with Gasteiger partial charge in [0.1, 0.15) is 11.9 Å². The number of rotatable bonds is 3. The number of fused-ring (bicyclic) bond motifs is 3. The summed E-state index contributed by atoms with van der Waals surface area (Å²) >= 11 is 0. The summed E-state index contributed by atoms with van der Waals surface area (Å²) in [4.78, 5) is 19.5. The van der Waals surface area contributed by atoms with Crippen LogP contribution in [0.4, 0.5) is 0 Å². The summed E-state index contributed by atoms with van der Waals surface area (Å²) in [6.45, 7) is 8.23. The maximum Gasteiger partial charge on any atom is 0.341 e. The van der Waals surface area contributed by atoms with Gasteiger partial charge in [-0.25, -0.2) is 4.79 Å². The molecule has 3 aliphatic heterocycles. The zero-order chi connectivity index (χ0) is 23.4. The third-order valence-corrected chi connectivity index (χ3v) is 8.32. The predicted molar refractivity (Wildman–Crippen MR) is 133 cm³/mol. The summed E-state index contributed by atoms with van der Waals surface area (Å²) in [6.07, 6.45) is 6.62. The van der Waals surface area contributed by atoms with Gasteiger partial charge in [0.2, 0.25) is 0 Å². The third kappa shape index (κ3) is 3.36. The van der Waals surface area contributed by atoms with Crippen LogP contribution < -0.4 is 4.74 Å². The van der Waals surface area contributed by atoms with E-state index in [-0.39, 0.29) is 17.8 Å². The SMILES string of the molecule is Cc1cccc(C(C)OC(=O)c2c(C)[nH]c3ccc4c(c23)CC2CCCN3CCCCC23O4)c1. The molecule has 3 atom stereocenters. The van der Waals surface area contributed by atoms with Crippen molar-refractivity contribution in [2.45, 2.75) is 71.1 Å². The number of hydrogen-bond donors (Lipinski definition) is 1. The highest BCUT2D eigenvalue weighted by molar-refractivity contribution is 6.07. The molecule has 6 rings (SSSR count). The molecule has 0 aliphatic carbocycles. The lowest BCUT2D eigenvalue weighted by atomic mass is 9.74. The summed E-state index contributed by atoms with van der Waals surface area (Å²) in [7, 11) is 0. The van der Waals surface area contributed by atoms with Gasteiger partial charge in [-0.2, -0.15) is 0 Å². The van der Waals surface area contributed by atoms with E-state index in [0.29, 0.717) is 11.5 Å². The molecule has 2 saturated heterocycles. The summed E-state index contributed by atoms with van der Waals surface area (Å²) in [5.41, 5.74) is 5.67. The molecule has 2 fully saturated rings. The first-order chi connectivity index (χ1) is 16.5. The number of aromatic nitrogens is 1. The molecule has 0 amide bonds. The quantitative estimate of drug-likeness (QED) is 0.473. The van der Waals surface area contributed by atoms with Gasteiger partial charge < -0.3 is 14.5 Å². The average molecular weight is 459 g/mol. The number of benzene rings is 2. The molecule has 178 valence electrons. The van der Waals surface area contributed by atoms with Crippen LogP contribution in [0.2, 0.25) is 0 Å². The third-order valence-electron chi connectivity index (χ3n) is 8.32. The molecule has 34 heavy (non-hydrogen) atoms. The van der Waals surface area contributed by atoms with Crippen molar-refractivity contribution >= 4 is 16.9 Å². The fraction of sp³-hybridized carbons (Fsp3) is 0.483. The van der Waals surface area contributed by atoms with Crippen LogP contribution in [0.1, 0.15) is 77.9 Å². The van der Waals surface area contributed by atoms with E-state index in [0.717, 1.165) is 59.4 Å². The maximum atomic E-state index is 13.5. The topological polar surface area (TPSA) is 54.6 Å². The Hall–Kier alpha value is -2.79. The van der Waals surface area contributed by atoms with Crippen molar-refractivity contribution in [1.82, 2.24) is 9.88 Å². The molecule has 3 aromatic rings. The van der Waals surface area contributed by atoms with Gasteiger partial charge >= 0.3 is 5.97 Å². The van der Waals surface area contributed by atoms with Crippen molar-refractivity contribution in [3.05, 3.63) is 64.3 Å². The smallest absolute Gasteiger partial charge is 0.341 e. The highest BCUT2D eigenvalue weighted by Crippen LogP contribution is 2.50. The fourth-order valence-corrected chi connectivity index (χ4v) is 6.68. The number of ether oxygens (including phenoxy) is 2. The molecule has 5 nitrogen and oxygen atoms in total. The van der Waals surface area contributed by atoms with Crippen molar-refractivity contribution in [3.8, 4) is 5.75 Å². The second-order valence-electron chi connectivity index (χ2n) is 10.5. The van der Waals surface area contributed by atoms with Gasteiger partial charge in [-0.15, -0.1) is 0 Å². The minimum Gasteiger partial charge on any atom is -0.472 e. The molecule has 1 spiro atoms. The molecule has 2 aromatic carbocycles. The largest absolute Gasteiger partial charge is 0.472 e. The number of H-pyrrole nitrogens is 1. The van der Waals surface area contributed by atoms with Crippen LogP contribution in [0.25, 0.3) is 10.9 Å². The summed E-state index contributed by atoms with van der Waals surface area (Å²) < 4.78 is 12.9. The van der Waals surface area contributed by atoms with Crippen molar-refractivity contribution in [3.63, 3.8) is 0 Å². The van der Waals surface area contributed by atoms with E-state index in [2.05, 4.69) is 41.1 Å². The summed E-state index contributed by atoms with van der Waals surface area (Å²) in [5.74, 6) is 1.14. The van der Waals surface area contributed by atoms with Gasteiger partial charge in [0.05, 0.1) is 5.56 Å². The first-order valence-electron chi connectivity index (χ1n) is 12.8. The maximum absolute atomic E-state index is 13.5. The van der Waals surface area contributed by atoms with Gasteiger partial charge in [-0.05, 0) is 70.6 Å². The second kappa shape index (κ2) is 8.16. The van der Waals surface area contributed by atoms with Crippen LogP contribution in [0, 0.1) is 19.8 Å². The molecule has 1 aromatic heterocycles. The fourth-order valence-electron chi connectivity index (χ4n) is 6.68. The van der Waals surface area contributed by atoms with E-state index >= 15 is 0 Å². The van der Waals surface area contributed by atoms with E-state index < -0.39 is 0 Å². The minimum absolute atomic E-state index is 0.164. The van der Waals surface area contributed by atoms with Crippen molar-refractivity contribution < 1.29 is 14.3 Å². The Labute approximate surface area is 201 Å². The summed E-state index contributed by atoms with van der Waals surface area (Å²) in [5, 5.41) is 0.985. The Bertz CT molecular complexity index is 1260. The number of nitrogens with zero attached hydrogens (tertiary/aromatic N) is 1. The molecule has 0 bridgehead atoms. The zero-order valence-corrected chi connectivity index (χ0v) is 20.4. The van der Waals surface area contributed by atoms with E-state index in [1.807, 2.05) is 26.0 Å². The van der Waals surface area contributed by atoms with E-state index in [1.54, 1.807) is 0 Å². The number of hydrogen-bond acceptors (Lipinski definition) is 4. The van der Waals surface area contributed by atoms with E-state index in [9.17, 15) is 4.79 Å². The lowest BCUT2D eigenvalue weighted by Gasteiger charge is -2.56. The predicted octanol–water partition coefficient (Wildman–Crippen LogP) is 6.23. The van der Waals surface area contributed by atoms with Gasteiger partial charge in [0.25, 0.3) is 0 Å². The Morgan fingerprint density at radius 2 is 2.03 bits per heavy atom. The summed E-state index contributed by atoms with van der Waals surface area (Å²) in [6, 6.07) is 12.3. The van der Waals surface area contributed by atoms with Crippen LogP contribution >= 0.6 is 0 Å². The Morgan fingerprint density at radius 3 is 2.88 bits per heavy atom. The second-order valence-corrected chi connectivity index (χ2v) is 10.5. The molecular weight excluding hydrogens is 424 g/mol. The van der Waals surface area contributed by atoms with Crippen molar-refractivity contribution in [2.24, 2.45) is 5.92 Å². The van der Waals surface area contributed by atoms with E-state index in [1.165, 1.54) is 31.2 Å². The monoisotopic (exact) mass is 458 g/mol. The molecule has 1 N–H and O–H groups in total.